The fraction of sp³-hybridized carbons (Fsp3) is 0.321. The molecule has 0 bridgehead atoms. The largest absolute Gasteiger partial charge is 0.475 e. The maximum Gasteiger partial charge on any atom is 0.316 e. The third-order valence-electron chi connectivity index (χ3n) is 6.59. The van der Waals surface area contributed by atoms with Crippen molar-refractivity contribution in [2.45, 2.75) is 45.7 Å². The van der Waals surface area contributed by atoms with E-state index in [0.717, 1.165) is 35.1 Å². The summed E-state index contributed by atoms with van der Waals surface area (Å²) in [7, 11) is 0. The van der Waals surface area contributed by atoms with Crippen LogP contribution in [-0.4, -0.2) is 33.9 Å². The molecule has 2 aliphatic rings. The van der Waals surface area contributed by atoms with Crippen LogP contribution in [0.3, 0.4) is 0 Å². The molecule has 3 aromatic rings. The van der Waals surface area contributed by atoms with Crippen LogP contribution in [0.15, 0.2) is 64.2 Å². The Bertz CT molecular complexity index is 1410. The first-order valence-corrected chi connectivity index (χ1v) is 13.0. The predicted octanol–water partition coefficient (Wildman–Crippen LogP) is 6.23. The first-order valence-electron chi connectivity index (χ1n) is 12.2. The van der Waals surface area contributed by atoms with E-state index in [1.165, 1.54) is 11.1 Å². The van der Waals surface area contributed by atoms with E-state index in [0.29, 0.717) is 22.5 Å². The predicted molar refractivity (Wildman–Crippen MR) is 146 cm³/mol. The molecule has 0 spiro atoms. The normalized spacial score (nSPS) is 16.2. The first kappa shape index (κ1) is 25.1. The number of carbonyl (C=O) groups excluding carboxylic acids is 1. The Morgan fingerprint density at radius 2 is 1.84 bits per heavy atom. The Morgan fingerprint density at radius 1 is 1.16 bits per heavy atom. The molecule has 0 atom stereocenters. The molecular formula is C28H27BrN4O4. The molecule has 2 heterocycles. The summed E-state index contributed by atoms with van der Waals surface area (Å²) in [5.74, 6) is 0.463. The van der Waals surface area contributed by atoms with Crippen LogP contribution in [0.1, 0.15) is 43.4 Å². The molecule has 1 aliphatic heterocycles. The van der Waals surface area contributed by atoms with Crippen molar-refractivity contribution < 1.29 is 14.5 Å². The minimum atomic E-state index is -0.468. The molecule has 0 unspecified atom stereocenters. The molecule has 0 radical (unpaired) electrons. The molecule has 8 nitrogen and oxygen atoms in total. The monoisotopic (exact) mass is 562 g/mol. The van der Waals surface area contributed by atoms with Gasteiger partial charge in [-0.2, -0.15) is 0 Å². The van der Waals surface area contributed by atoms with Gasteiger partial charge in [0, 0.05) is 27.7 Å². The van der Waals surface area contributed by atoms with Gasteiger partial charge in [-0.15, -0.1) is 0 Å². The second-order valence-corrected chi connectivity index (χ2v) is 11.0. The molecule has 5 rings (SSSR count). The van der Waals surface area contributed by atoms with Crippen LogP contribution < -0.4 is 4.90 Å². The van der Waals surface area contributed by atoms with Crippen molar-refractivity contribution in [2.24, 2.45) is 10.9 Å². The maximum absolute atomic E-state index is 13.2. The average molecular weight is 563 g/mol. The lowest BCUT2D eigenvalue weighted by Crippen LogP contribution is -2.33. The number of halogens is 1. The number of nitrogens with zero attached hydrogens (tertiary/aromatic N) is 4. The van der Waals surface area contributed by atoms with Crippen LogP contribution in [0.5, 0.6) is 0 Å². The van der Waals surface area contributed by atoms with E-state index in [9.17, 15) is 14.9 Å². The molecule has 1 aromatic heterocycles. The van der Waals surface area contributed by atoms with Gasteiger partial charge in [0.1, 0.15) is 6.61 Å². The number of amides is 1. The molecule has 9 heteroatoms. The third-order valence-corrected chi connectivity index (χ3v) is 7.39. The van der Waals surface area contributed by atoms with Crippen molar-refractivity contribution in [1.29, 1.82) is 0 Å². The maximum atomic E-state index is 13.2. The number of nitro groups is 1. The van der Waals surface area contributed by atoms with Crippen molar-refractivity contribution in [3.05, 3.63) is 86.0 Å². The summed E-state index contributed by atoms with van der Waals surface area (Å²) in [5.41, 5.74) is 3.78. The highest BCUT2D eigenvalue weighted by molar-refractivity contribution is 9.10. The van der Waals surface area contributed by atoms with Gasteiger partial charge in [0.25, 0.3) is 0 Å². The van der Waals surface area contributed by atoms with Gasteiger partial charge in [0.05, 0.1) is 17.0 Å². The minimum absolute atomic E-state index is 0.0797. The molecule has 1 saturated carbocycles. The average Bonchev–Trinajstić information content (AvgIpc) is 3.66. The van der Waals surface area contributed by atoms with E-state index < -0.39 is 4.92 Å². The molecule has 190 valence electrons. The number of aliphatic imine (C=N–C) groups is 1. The Balaban J connectivity index is 1.47. The number of anilines is 1. The van der Waals surface area contributed by atoms with Crippen LogP contribution >= 0.6 is 15.9 Å². The van der Waals surface area contributed by atoms with Gasteiger partial charge in [-0.1, -0.05) is 42.5 Å². The Morgan fingerprint density at radius 3 is 2.43 bits per heavy atom. The summed E-state index contributed by atoms with van der Waals surface area (Å²) in [6.45, 7) is 6.46. The van der Waals surface area contributed by atoms with Gasteiger partial charge in [-0.3, -0.25) is 19.8 Å². The SMILES string of the molecule is Cc1c(Br)cnc(N(Cc2ccc(-c3ccccc3C3=NC(C)(C)CO3)cc2)C(=O)C2CC2)c1[N+](=O)[O-]. The van der Waals surface area contributed by atoms with E-state index >= 15 is 0 Å². The minimum Gasteiger partial charge on any atom is -0.475 e. The van der Waals surface area contributed by atoms with Crippen LogP contribution in [0.4, 0.5) is 11.5 Å². The number of aromatic nitrogens is 1. The number of hydrogen-bond acceptors (Lipinski definition) is 6. The van der Waals surface area contributed by atoms with E-state index in [1.807, 2.05) is 62.4 Å². The summed E-state index contributed by atoms with van der Waals surface area (Å²) in [6.07, 6.45) is 3.09. The van der Waals surface area contributed by atoms with E-state index in [4.69, 9.17) is 9.73 Å². The highest BCUT2D eigenvalue weighted by Crippen LogP contribution is 2.39. The lowest BCUT2D eigenvalue weighted by molar-refractivity contribution is -0.384. The highest BCUT2D eigenvalue weighted by Gasteiger charge is 2.38. The van der Waals surface area contributed by atoms with Crippen molar-refractivity contribution in [3.63, 3.8) is 0 Å². The number of ether oxygens (including phenoxy) is 1. The molecule has 1 fully saturated rings. The summed E-state index contributed by atoms with van der Waals surface area (Å²) in [6, 6.07) is 15.8. The Labute approximate surface area is 223 Å². The van der Waals surface area contributed by atoms with Gasteiger partial charge in [0.15, 0.2) is 0 Å². The van der Waals surface area contributed by atoms with Crippen LogP contribution in [0.2, 0.25) is 0 Å². The summed E-state index contributed by atoms with van der Waals surface area (Å²) in [4.78, 5) is 35.2. The fourth-order valence-electron chi connectivity index (χ4n) is 4.40. The van der Waals surface area contributed by atoms with E-state index in [1.54, 1.807) is 6.92 Å². The number of hydrogen-bond donors (Lipinski definition) is 0. The van der Waals surface area contributed by atoms with Gasteiger partial charge >= 0.3 is 5.69 Å². The lowest BCUT2D eigenvalue weighted by atomic mass is 9.98. The highest BCUT2D eigenvalue weighted by atomic mass is 79.9. The van der Waals surface area contributed by atoms with E-state index in [-0.39, 0.29) is 35.4 Å². The Hall–Kier alpha value is -3.59. The zero-order valence-electron chi connectivity index (χ0n) is 20.9. The molecule has 0 N–H and O–H groups in total. The molecule has 0 saturated heterocycles. The molecule has 37 heavy (non-hydrogen) atoms. The molecule has 1 aliphatic carbocycles. The standard InChI is InChI=1S/C28H27BrN4O4/c1-17-23(29)14-30-25(24(17)33(35)36)32(27(34)20-12-13-20)15-18-8-10-19(11-9-18)21-6-4-5-7-22(21)26-31-28(2,3)16-37-26/h4-11,14,20H,12-13,15-16H2,1-3H3. The zero-order chi connectivity index (χ0) is 26.3. The summed E-state index contributed by atoms with van der Waals surface area (Å²) >= 11 is 3.32. The van der Waals surface area contributed by atoms with Crippen LogP contribution in [-0.2, 0) is 16.1 Å². The van der Waals surface area contributed by atoms with Crippen LogP contribution in [0.25, 0.3) is 11.1 Å². The van der Waals surface area contributed by atoms with Crippen LogP contribution in [0, 0.1) is 23.0 Å². The third kappa shape index (κ3) is 5.13. The number of rotatable bonds is 7. The zero-order valence-corrected chi connectivity index (χ0v) is 22.5. The fourth-order valence-corrected chi connectivity index (χ4v) is 4.69. The van der Waals surface area contributed by atoms with Gasteiger partial charge in [0.2, 0.25) is 17.6 Å². The molecule has 2 aromatic carbocycles. The number of pyridine rings is 1. The van der Waals surface area contributed by atoms with E-state index in [2.05, 4.69) is 20.9 Å². The van der Waals surface area contributed by atoms with Crippen molar-refractivity contribution in [2.75, 3.05) is 11.5 Å². The second-order valence-electron chi connectivity index (χ2n) is 10.1. The first-order chi connectivity index (χ1) is 17.6. The van der Waals surface area contributed by atoms with Crippen molar-refractivity contribution in [3.8, 4) is 11.1 Å². The van der Waals surface area contributed by atoms with Crippen molar-refractivity contribution >= 4 is 39.2 Å². The molecular weight excluding hydrogens is 536 g/mol. The molecule has 1 amide bonds. The summed E-state index contributed by atoms with van der Waals surface area (Å²) < 4.78 is 6.42. The number of carbonyl (C=O) groups is 1. The van der Waals surface area contributed by atoms with Crippen molar-refractivity contribution in [1.82, 2.24) is 4.98 Å². The van der Waals surface area contributed by atoms with Gasteiger partial charge in [-0.05, 0) is 72.3 Å². The second kappa shape index (κ2) is 9.70. The van der Waals surface area contributed by atoms with Gasteiger partial charge in [-0.25, -0.2) is 9.98 Å². The quantitative estimate of drug-likeness (QED) is 0.251. The topological polar surface area (TPSA) is 97.9 Å². The van der Waals surface area contributed by atoms with Gasteiger partial charge < -0.3 is 4.74 Å². The summed E-state index contributed by atoms with van der Waals surface area (Å²) in [5, 5.41) is 11.9. The smallest absolute Gasteiger partial charge is 0.316 e. The number of benzene rings is 2. The lowest BCUT2D eigenvalue weighted by Gasteiger charge is -2.22. The Kier molecular flexibility index (Phi) is 6.58.